The number of nitrogens with one attached hydrogen (secondary N) is 1. The Morgan fingerprint density at radius 1 is 1.00 bits per heavy atom. The molecular weight excluding hydrogens is 348 g/mol. The Balaban J connectivity index is 1.61. The van der Waals surface area contributed by atoms with E-state index in [0.29, 0.717) is 12.1 Å². The molecule has 140 valence electrons. The van der Waals surface area contributed by atoms with E-state index < -0.39 is 0 Å². The van der Waals surface area contributed by atoms with Crippen molar-refractivity contribution >= 4 is 5.91 Å². The zero-order valence-corrected chi connectivity index (χ0v) is 15.7. The zero-order valence-electron chi connectivity index (χ0n) is 15.7. The van der Waals surface area contributed by atoms with E-state index in [-0.39, 0.29) is 5.91 Å². The second kappa shape index (κ2) is 7.96. The first-order valence-corrected chi connectivity index (χ1v) is 9.33. The minimum Gasteiger partial charge on any atom is -0.352 e. The highest BCUT2D eigenvalue weighted by atomic mass is 16.1. The Kier molecular flexibility index (Phi) is 5.06. The number of carbonyl (C=O) groups excluding carboxylic acids is 1. The molecule has 4 aromatic rings. The molecule has 0 spiro atoms. The number of carbonyl (C=O) groups is 1. The molecular formula is C23H22N4O. The Morgan fingerprint density at radius 3 is 2.54 bits per heavy atom. The third-order valence-corrected chi connectivity index (χ3v) is 4.63. The summed E-state index contributed by atoms with van der Waals surface area (Å²) in [5.41, 5.74) is 3.81. The molecule has 0 aliphatic rings. The van der Waals surface area contributed by atoms with E-state index in [2.05, 4.69) is 28.6 Å². The van der Waals surface area contributed by atoms with Gasteiger partial charge >= 0.3 is 0 Å². The van der Waals surface area contributed by atoms with Crippen molar-refractivity contribution in [3.63, 3.8) is 0 Å². The number of amides is 1. The maximum absolute atomic E-state index is 12.9. The van der Waals surface area contributed by atoms with Crippen molar-refractivity contribution in [2.75, 3.05) is 6.54 Å². The molecule has 1 N–H and O–H groups in total. The van der Waals surface area contributed by atoms with Crippen LogP contribution in [0, 0.1) is 6.92 Å². The summed E-state index contributed by atoms with van der Waals surface area (Å²) in [7, 11) is 0. The smallest absolute Gasteiger partial charge is 0.256 e. The lowest BCUT2D eigenvalue weighted by molar-refractivity contribution is 0.0954. The number of hydrogen-bond acceptors (Lipinski definition) is 2. The highest BCUT2D eigenvalue weighted by molar-refractivity contribution is 5.97. The highest BCUT2D eigenvalue weighted by Gasteiger charge is 2.19. The Morgan fingerprint density at radius 2 is 1.79 bits per heavy atom. The van der Waals surface area contributed by atoms with Gasteiger partial charge in [0.2, 0.25) is 0 Å². The molecule has 0 radical (unpaired) electrons. The van der Waals surface area contributed by atoms with E-state index in [4.69, 9.17) is 0 Å². The number of hydrogen-bond donors (Lipinski definition) is 1. The molecule has 0 saturated carbocycles. The van der Waals surface area contributed by atoms with Crippen LogP contribution in [-0.4, -0.2) is 26.8 Å². The molecule has 0 atom stereocenters. The highest BCUT2D eigenvalue weighted by Crippen LogP contribution is 2.20. The second-order valence-corrected chi connectivity index (χ2v) is 6.71. The monoisotopic (exact) mass is 370 g/mol. The molecule has 0 aliphatic heterocycles. The van der Waals surface area contributed by atoms with Gasteiger partial charge < -0.3 is 9.88 Å². The Hall–Kier alpha value is -3.60. The lowest BCUT2D eigenvalue weighted by Gasteiger charge is -2.12. The minimum atomic E-state index is -0.126. The molecule has 0 saturated heterocycles. The summed E-state index contributed by atoms with van der Waals surface area (Å²) in [6.07, 6.45) is 6.26. The molecule has 28 heavy (non-hydrogen) atoms. The summed E-state index contributed by atoms with van der Waals surface area (Å²) in [4.78, 5) is 12.9. The van der Waals surface area contributed by atoms with Crippen LogP contribution in [0.2, 0.25) is 0 Å². The standard InChI is InChI=1S/C23H22N4O/c1-18-8-7-11-20(16-18)27-23(26-14-5-6-15-26)21(17-25-27)22(28)24-13-12-19-9-3-2-4-10-19/h2-11,14-17H,12-13H2,1H3,(H,24,28). The van der Waals surface area contributed by atoms with Gasteiger partial charge in [0.25, 0.3) is 5.91 Å². The predicted molar refractivity (Wildman–Crippen MR) is 110 cm³/mol. The maximum Gasteiger partial charge on any atom is 0.256 e. The zero-order chi connectivity index (χ0) is 19.3. The van der Waals surface area contributed by atoms with Crippen LogP contribution < -0.4 is 5.32 Å². The van der Waals surface area contributed by atoms with Gasteiger partial charge in [0, 0.05) is 18.9 Å². The normalized spacial score (nSPS) is 10.8. The fraction of sp³-hybridized carbons (Fsp3) is 0.130. The van der Waals surface area contributed by atoms with Gasteiger partial charge in [-0.15, -0.1) is 0 Å². The molecule has 5 nitrogen and oxygen atoms in total. The number of nitrogens with zero attached hydrogens (tertiary/aromatic N) is 3. The maximum atomic E-state index is 12.9. The van der Waals surface area contributed by atoms with E-state index in [9.17, 15) is 4.79 Å². The average molecular weight is 370 g/mol. The van der Waals surface area contributed by atoms with Gasteiger partial charge in [-0.3, -0.25) is 4.79 Å². The van der Waals surface area contributed by atoms with Crippen LogP contribution in [0.4, 0.5) is 0 Å². The van der Waals surface area contributed by atoms with E-state index in [1.165, 1.54) is 5.56 Å². The molecule has 2 heterocycles. The van der Waals surface area contributed by atoms with Crippen molar-refractivity contribution in [3.05, 3.63) is 102 Å². The number of aryl methyl sites for hydroxylation is 1. The first-order chi connectivity index (χ1) is 13.7. The SMILES string of the molecule is Cc1cccc(-n2ncc(C(=O)NCCc3ccccc3)c2-n2cccc2)c1. The molecule has 0 aliphatic carbocycles. The molecule has 5 heteroatoms. The lowest BCUT2D eigenvalue weighted by Crippen LogP contribution is -2.26. The second-order valence-electron chi connectivity index (χ2n) is 6.71. The van der Waals surface area contributed by atoms with Crippen molar-refractivity contribution in [2.24, 2.45) is 0 Å². The van der Waals surface area contributed by atoms with Crippen molar-refractivity contribution in [2.45, 2.75) is 13.3 Å². The molecule has 0 bridgehead atoms. The summed E-state index contributed by atoms with van der Waals surface area (Å²) < 4.78 is 3.72. The van der Waals surface area contributed by atoms with Crippen LogP contribution in [0.5, 0.6) is 0 Å². The number of rotatable bonds is 6. The minimum absolute atomic E-state index is 0.126. The quantitative estimate of drug-likeness (QED) is 0.559. The Labute approximate surface area is 164 Å². The molecule has 2 aromatic heterocycles. The topological polar surface area (TPSA) is 51.9 Å². The van der Waals surface area contributed by atoms with E-state index >= 15 is 0 Å². The molecule has 0 fully saturated rings. The Bertz CT molecular complexity index is 1070. The van der Waals surface area contributed by atoms with Crippen LogP contribution in [0.3, 0.4) is 0 Å². The van der Waals surface area contributed by atoms with Crippen molar-refractivity contribution in [3.8, 4) is 11.5 Å². The van der Waals surface area contributed by atoms with E-state index in [1.807, 2.05) is 72.4 Å². The van der Waals surface area contributed by atoms with Crippen LogP contribution >= 0.6 is 0 Å². The van der Waals surface area contributed by atoms with Gasteiger partial charge in [-0.05, 0) is 48.7 Å². The van der Waals surface area contributed by atoms with Crippen molar-refractivity contribution in [1.29, 1.82) is 0 Å². The number of aromatic nitrogens is 3. The van der Waals surface area contributed by atoms with Gasteiger partial charge in [-0.25, -0.2) is 4.68 Å². The van der Waals surface area contributed by atoms with E-state index in [1.54, 1.807) is 10.9 Å². The summed E-state index contributed by atoms with van der Waals surface area (Å²) in [5, 5.41) is 7.53. The van der Waals surface area contributed by atoms with Crippen LogP contribution in [0.1, 0.15) is 21.5 Å². The van der Waals surface area contributed by atoms with Crippen LogP contribution in [0.25, 0.3) is 11.5 Å². The summed E-state index contributed by atoms with van der Waals surface area (Å²) in [6, 6.07) is 22.1. The summed E-state index contributed by atoms with van der Waals surface area (Å²) in [5.74, 6) is 0.603. The van der Waals surface area contributed by atoms with Gasteiger partial charge in [0.15, 0.2) is 5.82 Å². The van der Waals surface area contributed by atoms with Crippen molar-refractivity contribution < 1.29 is 4.79 Å². The average Bonchev–Trinajstić information content (AvgIpc) is 3.38. The van der Waals surface area contributed by atoms with Crippen LogP contribution in [0.15, 0.2) is 85.3 Å². The third-order valence-electron chi connectivity index (χ3n) is 4.63. The number of benzene rings is 2. The van der Waals surface area contributed by atoms with Gasteiger partial charge in [0.1, 0.15) is 5.56 Å². The first-order valence-electron chi connectivity index (χ1n) is 9.33. The molecule has 1 amide bonds. The fourth-order valence-corrected chi connectivity index (χ4v) is 3.24. The predicted octanol–water partition coefficient (Wildman–Crippen LogP) is 3.94. The third kappa shape index (κ3) is 3.74. The van der Waals surface area contributed by atoms with Gasteiger partial charge in [-0.1, -0.05) is 42.5 Å². The summed E-state index contributed by atoms with van der Waals surface area (Å²) >= 11 is 0. The first kappa shape index (κ1) is 17.8. The fourth-order valence-electron chi connectivity index (χ4n) is 3.24. The molecule has 0 unspecified atom stereocenters. The van der Waals surface area contributed by atoms with Gasteiger partial charge in [-0.2, -0.15) is 5.10 Å². The van der Waals surface area contributed by atoms with Gasteiger partial charge in [0.05, 0.1) is 11.9 Å². The lowest BCUT2D eigenvalue weighted by atomic mass is 10.1. The molecule has 2 aromatic carbocycles. The van der Waals surface area contributed by atoms with Crippen LogP contribution in [-0.2, 0) is 6.42 Å². The largest absolute Gasteiger partial charge is 0.352 e. The van der Waals surface area contributed by atoms with E-state index in [0.717, 1.165) is 23.5 Å². The summed E-state index contributed by atoms with van der Waals surface area (Å²) in [6.45, 7) is 2.61. The molecule has 4 rings (SSSR count). The van der Waals surface area contributed by atoms with Crippen molar-refractivity contribution in [1.82, 2.24) is 19.7 Å².